The van der Waals surface area contributed by atoms with Gasteiger partial charge in [0.2, 0.25) is 5.91 Å². The topological polar surface area (TPSA) is 47.6 Å². The molecule has 122 valence electrons. The van der Waals surface area contributed by atoms with Crippen LogP contribution in [0.2, 0.25) is 0 Å². The van der Waals surface area contributed by atoms with Crippen LogP contribution in [0.1, 0.15) is 17.9 Å². The molecule has 2 unspecified atom stereocenters. The molecule has 0 fully saturated rings. The van der Waals surface area contributed by atoms with Crippen molar-refractivity contribution in [3.8, 4) is 11.5 Å². The summed E-state index contributed by atoms with van der Waals surface area (Å²) in [5, 5.41) is 2.06. The Morgan fingerprint density at radius 3 is 2.35 bits per heavy atom. The minimum absolute atomic E-state index is 0.152. The van der Waals surface area contributed by atoms with Crippen molar-refractivity contribution >= 4 is 17.5 Å². The maximum atomic E-state index is 12.1. The number of hydrogen-bond donors (Lipinski definition) is 1. The number of amides is 1. The number of ether oxygens (including phenoxy) is 2. The zero-order chi connectivity index (χ0) is 16.7. The Morgan fingerprint density at radius 2 is 1.74 bits per heavy atom. The number of benzene rings is 2. The van der Waals surface area contributed by atoms with Crippen molar-refractivity contribution in [3.05, 3.63) is 60.2 Å². The van der Waals surface area contributed by atoms with Crippen molar-refractivity contribution in [2.24, 2.45) is 0 Å². The number of halogens is 1. The molecule has 0 aliphatic heterocycles. The molecule has 0 aromatic heterocycles. The van der Waals surface area contributed by atoms with E-state index in [1.807, 2.05) is 37.3 Å². The van der Waals surface area contributed by atoms with Crippen LogP contribution in [0.5, 0.6) is 11.5 Å². The summed E-state index contributed by atoms with van der Waals surface area (Å²) in [4.78, 5) is 12.1. The molecule has 0 saturated carbocycles. The van der Waals surface area contributed by atoms with Gasteiger partial charge in [-0.2, -0.15) is 0 Å². The Morgan fingerprint density at radius 1 is 1.09 bits per heavy atom. The van der Waals surface area contributed by atoms with Crippen LogP contribution in [0.3, 0.4) is 0 Å². The zero-order valence-electron chi connectivity index (χ0n) is 13.2. The Labute approximate surface area is 141 Å². The van der Waals surface area contributed by atoms with Crippen LogP contribution in [0, 0.1) is 0 Å². The van der Waals surface area contributed by atoms with Crippen molar-refractivity contribution in [2.75, 3.05) is 13.7 Å². The zero-order valence-corrected chi connectivity index (χ0v) is 13.9. The fourth-order valence-corrected chi connectivity index (χ4v) is 2.25. The lowest BCUT2D eigenvalue weighted by atomic mass is 10.1. The van der Waals surface area contributed by atoms with Crippen LogP contribution in [0.4, 0.5) is 0 Å². The van der Waals surface area contributed by atoms with Crippen LogP contribution in [-0.2, 0) is 4.79 Å². The van der Waals surface area contributed by atoms with Crippen molar-refractivity contribution in [2.45, 2.75) is 18.4 Å². The van der Waals surface area contributed by atoms with Gasteiger partial charge in [-0.25, -0.2) is 0 Å². The van der Waals surface area contributed by atoms with Gasteiger partial charge in [-0.15, -0.1) is 11.6 Å². The highest BCUT2D eigenvalue weighted by Gasteiger charge is 2.18. The van der Waals surface area contributed by atoms with Crippen molar-refractivity contribution in [1.29, 1.82) is 0 Å². The maximum absolute atomic E-state index is 12.1. The van der Waals surface area contributed by atoms with E-state index in [1.54, 1.807) is 31.4 Å². The summed E-state index contributed by atoms with van der Waals surface area (Å²) in [6.45, 7) is 2.27. The largest absolute Gasteiger partial charge is 0.497 e. The molecule has 5 heteroatoms. The second-order valence-electron chi connectivity index (χ2n) is 5.12. The van der Waals surface area contributed by atoms with Crippen molar-refractivity contribution in [3.63, 3.8) is 0 Å². The Balaban J connectivity index is 1.83. The number of methoxy groups -OCH3 is 1. The second kappa shape index (κ2) is 8.44. The van der Waals surface area contributed by atoms with Gasteiger partial charge in [0, 0.05) is 0 Å². The molecular weight excluding hydrogens is 314 g/mol. The molecule has 23 heavy (non-hydrogen) atoms. The van der Waals surface area contributed by atoms with E-state index < -0.39 is 5.38 Å². The van der Waals surface area contributed by atoms with Crippen LogP contribution in [0.15, 0.2) is 54.6 Å². The smallest absolute Gasteiger partial charge is 0.242 e. The summed E-state index contributed by atoms with van der Waals surface area (Å²) in [5.74, 6) is 1.25. The lowest BCUT2D eigenvalue weighted by Gasteiger charge is -2.17. The number of carbonyl (C=O) groups excluding carboxylic acids is 1. The molecule has 0 spiro atoms. The number of carbonyl (C=O) groups is 1. The van der Waals surface area contributed by atoms with Gasteiger partial charge < -0.3 is 14.8 Å². The lowest BCUT2D eigenvalue weighted by Crippen LogP contribution is -2.35. The van der Waals surface area contributed by atoms with E-state index in [0.717, 1.165) is 17.1 Å². The number of rotatable bonds is 7. The molecule has 2 atom stereocenters. The van der Waals surface area contributed by atoms with E-state index in [2.05, 4.69) is 5.32 Å². The summed E-state index contributed by atoms with van der Waals surface area (Å²) in [6.07, 6.45) is -0.152. The Kier molecular flexibility index (Phi) is 6.29. The maximum Gasteiger partial charge on any atom is 0.242 e. The third-order valence-electron chi connectivity index (χ3n) is 3.28. The standard InChI is InChI=1S/C18H20ClNO3/c1-13(23-16-6-4-3-5-7-16)12-20-18(21)17(19)14-8-10-15(22-2)11-9-14/h3-11,13,17H,12H2,1-2H3,(H,20,21). The second-order valence-corrected chi connectivity index (χ2v) is 5.56. The highest BCUT2D eigenvalue weighted by Crippen LogP contribution is 2.23. The normalized spacial score (nSPS) is 13.0. The first-order valence-electron chi connectivity index (χ1n) is 7.37. The molecular formula is C18H20ClNO3. The summed E-state index contributed by atoms with van der Waals surface area (Å²) >= 11 is 6.20. The van der Waals surface area contributed by atoms with Gasteiger partial charge in [0.15, 0.2) is 0 Å². The van der Waals surface area contributed by atoms with E-state index >= 15 is 0 Å². The Hall–Kier alpha value is -2.20. The summed E-state index contributed by atoms with van der Waals surface area (Å²) in [6, 6.07) is 16.6. The van der Waals surface area contributed by atoms with Crippen LogP contribution < -0.4 is 14.8 Å². The molecule has 0 bridgehead atoms. The first kappa shape index (κ1) is 17.2. The Bertz CT molecular complexity index is 616. The third kappa shape index (κ3) is 5.18. The molecule has 0 aliphatic rings. The average Bonchev–Trinajstić information content (AvgIpc) is 2.60. The van der Waals surface area contributed by atoms with Gasteiger partial charge in [-0.1, -0.05) is 30.3 Å². The first-order chi connectivity index (χ1) is 11.1. The predicted octanol–water partition coefficient (Wildman–Crippen LogP) is 3.56. The van der Waals surface area contributed by atoms with E-state index in [-0.39, 0.29) is 12.0 Å². The van der Waals surface area contributed by atoms with E-state index in [4.69, 9.17) is 21.1 Å². The molecule has 2 aromatic rings. The van der Waals surface area contributed by atoms with Crippen LogP contribution in [-0.4, -0.2) is 25.7 Å². The highest BCUT2D eigenvalue weighted by atomic mass is 35.5. The van der Waals surface area contributed by atoms with Crippen molar-refractivity contribution < 1.29 is 14.3 Å². The van der Waals surface area contributed by atoms with E-state index in [1.165, 1.54) is 0 Å². The molecule has 2 aromatic carbocycles. The summed E-state index contributed by atoms with van der Waals surface area (Å²) in [5.41, 5.74) is 0.724. The van der Waals surface area contributed by atoms with Crippen LogP contribution >= 0.6 is 11.6 Å². The van der Waals surface area contributed by atoms with Crippen LogP contribution in [0.25, 0.3) is 0 Å². The molecule has 1 amide bonds. The lowest BCUT2D eigenvalue weighted by molar-refractivity contribution is -0.121. The minimum Gasteiger partial charge on any atom is -0.497 e. The molecule has 4 nitrogen and oxygen atoms in total. The average molecular weight is 334 g/mol. The molecule has 0 heterocycles. The predicted molar refractivity (Wildman–Crippen MR) is 91.1 cm³/mol. The molecule has 2 rings (SSSR count). The first-order valence-corrected chi connectivity index (χ1v) is 7.81. The van der Waals surface area contributed by atoms with Gasteiger partial charge in [-0.3, -0.25) is 4.79 Å². The molecule has 1 N–H and O–H groups in total. The number of alkyl halides is 1. The van der Waals surface area contributed by atoms with Gasteiger partial charge in [0.25, 0.3) is 0 Å². The molecule has 0 saturated heterocycles. The van der Waals surface area contributed by atoms with Gasteiger partial charge in [-0.05, 0) is 36.8 Å². The third-order valence-corrected chi connectivity index (χ3v) is 3.73. The van der Waals surface area contributed by atoms with Crippen molar-refractivity contribution in [1.82, 2.24) is 5.32 Å². The number of hydrogen-bond acceptors (Lipinski definition) is 3. The summed E-state index contributed by atoms with van der Waals surface area (Å²) < 4.78 is 10.8. The van der Waals surface area contributed by atoms with E-state index in [9.17, 15) is 4.79 Å². The summed E-state index contributed by atoms with van der Waals surface area (Å²) in [7, 11) is 1.59. The minimum atomic E-state index is -0.746. The monoisotopic (exact) mass is 333 g/mol. The quantitative estimate of drug-likeness (QED) is 0.788. The number of nitrogens with one attached hydrogen (secondary N) is 1. The number of para-hydroxylation sites is 1. The molecule has 0 aliphatic carbocycles. The fraction of sp³-hybridized carbons (Fsp3) is 0.278. The van der Waals surface area contributed by atoms with E-state index in [0.29, 0.717) is 6.54 Å². The van der Waals surface area contributed by atoms with Gasteiger partial charge in [0.05, 0.1) is 13.7 Å². The SMILES string of the molecule is COc1ccc(C(Cl)C(=O)NCC(C)Oc2ccccc2)cc1. The fourth-order valence-electron chi connectivity index (χ4n) is 2.03. The van der Waals surface area contributed by atoms with Gasteiger partial charge >= 0.3 is 0 Å². The van der Waals surface area contributed by atoms with Gasteiger partial charge in [0.1, 0.15) is 23.0 Å². The highest BCUT2D eigenvalue weighted by molar-refractivity contribution is 6.30. The molecule has 0 radical (unpaired) electrons.